The van der Waals surface area contributed by atoms with Gasteiger partial charge in [0, 0.05) is 13.1 Å². The van der Waals surface area contributed by atoms with Gasteiger partial charge in [0.1, 0.15) is 5.69 Å². The van der Waals surface area contributed by atoms with E-state index in [1.807, 2.05) is 13.8 Å². The van der Waals surface area contributed by atoms with Crippen molar-refractivity contribution < 1.29 is 19.1 Å². The average molecular weight is 295 g/mol. The Morgan fingerprint density at radius 1 is 1.48 bits per heavy atom. The molecule has 1 saturated heterocycles. The third-order valence-electron chi connectivity index (χ3n) is 3.57. The monoisotopic (exact) mass is 295 g/mol. The highest BCUT2D eigenvalue weighted by atomic mass is 16.5. The quantitative estimate of drug-likeness (QED) is 0.755. The van der Waals surface area contributed by atoms with Crippen LogP contribution in [0.5, 0.6) is 0 Å². The first-order chi connectivity index (χ1) is 10.1. The largest absolute Gasteiger partial charge is 0.467 e. The number of morpholine rings is 1. The Labute approximate surface area is 123 Å². The zero-order chi connectivity index (χ0) is 15.4. The van der Waals surface area contributed by atoms with Crippen molar-refractivity contribution in [3.8, 4) is 0 Å². The first-order valence-electron chi connectivity index (χ1n) is 7.15. The third kappa shape index (κ3) is 3.07. The SMILES string of the molecule is CCc1cc(C(=O)N2CCOCC2C(=O)OC)n(CC)n1. The minimum atomic E-state index is -0.693. The molecule has 1 aromatic heterocycles. The van der Waals surface area contributed by atoms with Crippen LogP contribution in [0.25, 0.3) is 0 Å². The van der Waals surface area contributed by atoms with Crippen LogP contribution in [-0.2, 0) is 27.2 Å². The molecule has 0 spiro atoms. The van der Waals surface area contributed by atoms with Crippen LogP contribution >= 0.6 is 0 Å². The molecule has 0 radical (unpaired) electrons. The maximum atomic E-state index is 12.7. The highest BCUT2D eigenvalue weighted by Gasteiger charge is 2.35. The number of esters is 1. The maximum Gasteiger partial charge on any atom is 0.331 e. The fourth-order valence-corrected chi connectivity index (χ4v) is 2.38. The number of aryl methyl sites for hydroxylation is 2. The van der Waals surface area contributed by atoms with E-state index in [9.17, 15) is 9.59 Å². The molecule has 1 atom stereocenters. The van der Waals surface area contributed by atoms with Gasteiger partial charge in [-0.1, -0.05) is 6.92 Å². The maximum absolute atomic E-state index is 12.7. The number of carbonyl (C=O) groups is 2. The lowest BCUT2D eigenvalue weighted by molar-refractivity contribution is -0.151. The van der Waals surface area contributed by atoms with Gasteiger partial charge in [-0.3, -0.25) is 9.48 Å². The van der Waals surface area contributed by atoms with Crippen molar-refractivity contribution in [3.63, 3.8) is 0 Å². The van der Waals surface area contributed by atoms with E-state index in [0.29, 0.717) is 25.4 Å². The molecule has 21 heavy (non-hydrogen) atoms. The molecule has 7 heteroatoms. The lowest BCUT2D eigenvalue weighted by Gasteiger charge is -2.33. The zero-order valence-corrected chi connectivity index (χ0v) is 12.7. The molecule has 0 saturated carbocycles. The third-order valence-corrected chi connectivity index (χ3v) is 3.57. The van der Waals surface area contributed by atoms with Gasteiger partial charge in [0.2, 0.25) is 0 Å². The van der Waals surface area contributed by atoms with Gasteiger partial charge in [0.05, 0.1) is 26.0 Å². The second kappa shape index (κ2) is 6.71. The summed E-state index contributed by atoms with van der Waals surface area (Å²) in [6.45, 7) is 5.48. The van der Waals surface area contributed by atoms with Crippen molar-refractivity contribution in [1.82, 2.24) is 14.7 Å². The molecule has 2 rings (SSSR count). The topological polar surface area (TPSA) is 73.7 Å². The predicted octanol–water partition coefficient (Wildman–Crippen LogP) is 0.479. The summed E-state index contributed by atoms with van der Waals surface area (Å²) in [5, 5.41) is 4.37. The fourth-order valence-electron chi connectivity index (χ4n) is 2.38. The lowest BCUT2D eigenvalue weighted by atomic mass is 10.2. The van der Waals surface area contributed by atoms with Crippen LogP contribution in [-0.4, -0.2) is 59.5 Å². The first kappa shape index (κ1) is 15.5. The lowest BCUT2D eigenvalue weighted by Crippen LogP contribution is -2.53. The summed E-state index contributed by atoms with van der Waals surface area (Å²) in [6.07, 6.45) is 0.761. The van der Waals surface area contributed by atoms with Crippen LogP contribution in [0.3, 0.4) is 0 Å². The van der Waals surface area contributed by atoms with Gasteiger partial charge in [-0.15, -0.1) is 0 Å². The highest BCUT2D eigenvalue weighted by Crippen LogP contribution is 2.15. The van der Waals surface area contributed by atoms with Crippen molar-refractivity contribution >= 4 is 11.9 Å². The molecule has 0 N–H and O–H groups in total. The predicted molar refractivity (Wildman–Crippen MR) is 74.9 cm³/mol. The minimum absolute atomic E-state index is 0.166. The van der Waals surface area contributed by atoms with Gasteiger partial charge in [-0.2, -0.15) is 5.10 Å². The van der Waals surface area contributed by atoms with E-state index in [1.165, 1.54) is 12.0 Å². The Balaban J connectivity index is 2.28. The molecule has 7 nitrogen and oxygen atoms in total. The number of rotatable bonds is 4. The molecule has 1 aromatic rings. The molecule has 0 aliphatic carbocycles. The molecular formula is C14H21N3O4. The Morgan fingerprint density at radius 2 is 2.24 bits per heavy atom. The second-order valence-corrected chi connectivity index (χ2v) is 4.80. The molecule has 0 bridgehead atoms. The van der Waals surface area contributed by atoms with Crippen molar-refractivity contribution in [3.05, 3.63) is 17.5 Å². The number of methoxy groups -OCH3 is 1. The van der Waals surface area contributed by atoms with Gasteiger partial charge in [-0.25, -0.2) is 4.79 Å². The summed E-state index contributed by atoms with van der Waals surface area (Å²) in [6, 6.07) is 1.09. The first-order valence-corrected chi connectivity index (χ1v) is 7.15. The molecule has 1 unspecified atom stereocenters. The Morgan fingerprint density at radius 3 is 2.86 bits per heavy atom. The summed E-state index contributed by atoms with van der Waals surface area (Å²) in [5.41, 5.74) is 1.37. The molecule has 0 aromatic carbocycles. The van der Waals surface area contributed by atoms with Crippen molar-refractivity contribution in [2.75, 3.05) is 26.9 Å². The number of nitrogens with zero attached hydrogens (tertiary/aromatic N) is 3. The summed E-state index contributed by atoms with van der Waals surface area (Å²) in [4.78, 5) is 26.1. The number of amides is 1. The van der Waals surface area contributed by atoms with Gasteiger partial charge in [0.15, 0.2) is 6.04 Å². The van der Waals surface area contributed by atoms with E-state index in [1.54, 1.807) is 10.7 Å². The van der Waals surface area contributed by atoms with Gasteiger partial charge in [0.25, 0.3) is 5.91 Å². The van der Waals surface area contributed by atoms with Gasteiger partial charge in [-0.05, 0) is 19.4 Å². The van der Waals surface area contributed by atoms with Crippen molar-refractivity contribution in [2.45, 2.75) is 32.9 Å². The normalized spacial score (nSPS) is 18.6. The van der Waals surface area contributed by atoms with E-state index in [-0.39, 0.29) is 12.5 Å². The van der Waals surface area contributed by atoms with Gasteiger partial charge >= 0.3 is 5.97 Å². The van der Waals surface area contributed by atoms with Crippen LogP contribution in [0.1, 0.15) is 30.0 Å². The smallest absolute Gasteiger partial charge is 0.331 e. The Kier molecular flexibility index (Phi) is 4.95. The van der Waals surface area contributed by atoms with Crippen LogP contribution in [0.15, 0.2) is 6.07 Å². The van der Waals surface area contributed by atoms with Crippen molar-refractivity contribution in [2.24, 2.45) is 0 Å². The van der Waals surface area contributed by atoms with Crippen LogP contribution in [0, 0.1) is 0 Å². The van der Waals surface area contributed by atoms with Crippen LogP contribution < -0.4 is 0 Å². The van der Waals surface area contributed by atoms with Crippen LogP contribution in [0.4, 0.5) is 0 Å². The van der Waals surface area contributed by atoms with E-state index in [4.69, 9.17) is 9.47 Å². The van der Waals surface area contributed by atoms with E-state index in [2.05, 4.69) is 5.10 Å². The summed E-state index contributed by atoms with van der Waals surface area (Å²) >= 11 is 0. The number of carbonyl (C=O) groups excluding carboxylic acids is 2. The number of hydrogen-bond acceptors (Lipinski definition) is 5. The number of ether oxygens (including phenoxy) is 2. The van der Waals surface area contributed by atoms with Crippen molar-refractivity contribution in [1.29, 1.82) is 0 Å². The van der Waals surface area contributed by atoms with Crippen LogP contribution in [0.2, 0.25) is 0 Å². The van der Waals surface area contributed by atoms with E-state index < -0.39 is 12.0 Å². The zero-order valence-electron chi connectivity index (χ0n) is 12.7. The standard InChI is InChI=1S/C14H21N3O4/c1-4-10-8-11(17(5-2)15-10)13(18)16-6-7-21-9-12(16)14(19)20-3/h8,12H,4-7,9H2,1-3H3. The average Bonchev–Trinajstić information content (AvgIpc) is 2.96. The fraction of sp³-hybridized carbons (Fsp3) is 0.643. The minimum Gasteiger partial charge on any atom is -0.467 e. The summed E-state index contributed by atoms with van der Waals surface area (Å²) in [7, 11) is 1.31. The molecule has 1 aliphatic heterocycles. The molecular weight excluding hydrogens is 274 g/mol. The molecule has 1 aliphatic rings. The summed E-state index contributed by atoms with van der Waals surface area (Å²) < 4.78 is 11.7. The van der Waals surface area contributed by atoms with Gasteiger partial charge < -0.3 is 14.4 Å². The number of aromatic nitrogens is 2. The summed E-state index contributed by atoms with van der Waals surface area (Å²) in [5.74, 6) is -0.663. The molecule has 116 valence electrons. The van der Waals surface area contributed by atoms with E-state index >= 15 is 0 Å². The molecule has 1 fully saturated rings. The Hall–Kier alpha value is -1.89. The Bertz CT molecular complexity index is 526. The second-order valence-electron chi connectivity index (χ2n) is 4.80. The number of hydrogen-bond donors (Lipinski definition) is 0. The molecule has 2 heterocycles. The highest BCUT2D eigenvalue weighted by molar-refractivity contribution is 5.95. The molecule has 1 amide bonds. The van der Waals surface area contributed by atoms with E-state index in [0.717, 1.165) is 12.1 Å².